The van der Waals surface area contributed by atoms with Gasteiger partial charge in [-0.25, -0.2) is 4.79 Å². The predicted octanol–water partition coefficient (Wildman–Crippen LogP) is 1.10. The molecule has 2 rings (SSSR count). The summed E-state index contributed by atoms with van der Waals surface area (Å²) in [6.07, 6.45) is 5.85. The van der Waals surface area contributed by atoms with Gasteiger partial charge in [-0.2, -0.15) is 0 Å². The Balaban J connectivity index is 1.56. The van der Waals surface area contributed by atoms with Crippen molar-refractivity contribution >= 4 is 49.9 Å². The van der Waals surface area contributed by atoms with E-state index in [2.05, 4.69) is 22.9 Å². The molecule has 0 aromatic heterocycles. The molecule has 2 aliphatic rings. The standard InChI is InChI=1S/C15H26N3O3S.Tl/c1-2-4-10(19)7-8-16-13(20)6-3-5-12-14-11(9-22-12)17-15(21)18-14;/h10-12,14H,2-9H2,1H3,(H,16,20)(H2,17,18,21);/q-1;+1. The molecule has 23 heavy (non-hydrogen) atoms. The molecule has 4 atom stereocenters. The molecular formula is C15H26N3O3STl. The molecule has 0 aliphatic carbocycles. The van der Waals surface area contributed by atoms with E-state index in [4.69, 9.17) is 2.69 Å². The van der Waals surface area contributed by atoms with Crippen LogP contribution in [0.15, 0.2) is 0 Å². The average Bonchev–Trinajstić information content (AvgIpc) is 3.06. The number of carbonyl (C=O) groups is 2. The Kier molecular flexibility index (Phi) is 8.45. The summed E-state index contributed by atoms with van der Waals surface area (Å²) >= 11 is 2.46. The van der Waals surface area contributed by atoms with Gasteiger partial charge in [-0.05, 0) is 0 Å². The normalized spacial score (nSPS) is 27.1. The number of amides is 3. The second kappa shape index (κ2) is 10.1. The summed E-state index contributed by atoms with van der Waals surface area (Å²) in [4.78, 5) is 23.2. The quantitative estimate of drug-likeness (QED) is 0.291. The Morgan fingerprint density at radius 3 is 3.04 bits per heavy atom. The third-order valence-electron chi connectivity index (χ3n) is 4.42. The number of carbonyl (C=O) groups excluding carboxylic acids is 2. The van der Waals surface area contributed by atoms with Gasteiger partial charge < -0.3 is 5.32 Å². The fourth-order valence-electron chi connectivity index (χ4n) is 3.17. The van der Waals surface area contributed by atoms with Crippen LogP contribution in [0.3, 0.4) is 0 Å². The minimum absolute atomic E-state index is 0.0495. The molecule has 3 N–H and O–H groups in total. The number of hydrogen-bond acceptors (Lipinski definition) is 4. The SMILES string of the molecule is CCCC(CCNC(=O)CCCC1SCC2NC(=O)NC21)[O][Tl]. The maximum absolute atomic E-state index is 11.9. The molecule has 2 heterocycles. The van der Waals surface area contributed by atoms with E-state index in [9.17, 15) is 9.59 Å². The molecule has 8 heteroatoms. The molecule has 2 fully saturated rings. The third-order valence-corrected chi connectivity index (χ3v) is 7.43. The zero-order valence-electron chi connectivity index (χ0n) is 13.7. The summed E-state index contributed by atoms with van der Waals surface area (Å²) in [5.41, 5.74) is 0. The van der Waals surface area contributed by atoms with Gasteiger partial charge >= 0.3 is 149 Å². The number of rotatable bonds is 10. The molecule has 2 aliphatic heterocycles. The van der Waals surface area contributed by atoms with E-state index in [1.54, 1.807) is 0 Å². The predicted molar refractivity (Wildman–Crippen MR) is 92.5 cm³/mol. The van der Waals surface area contributed by atoms with Crippen LogP contribution in [-0.2, 0) is 7.48 Å². The molecule has 0 spiro atoms. The number of thioether (sulfide) groups is 1. The van der Waals surface area contributed by atoms with Gasteiger partial charge in [-0.1, -0.05) is 0 Å². The average molecular weight is 533 g/mol. The van der Waals surface area contributed by atoms with Crippen LogP contribution in [0.2, 0.25) is 0 Å². The van der Waals surface area contributed by atoms with Gasteiger partial charge in [0.1, 0.15) is 0 Å². The van der Waals surface area contributed by atoms with Gasteiger partial charge in [-0.3, -0.25) is 0 Å². The minimum atomic E-state index is -0.0495. The molecule has 0 aromatic carbocycles. The molecule has 3 amide bonds. The summed E-state index contributed by atoms with van der Waals surface area (Å²) in [5, 5.41) is 9.35. The van der Waals surface area contributed by atoms with Crippen LogP contribution < -0.4 is 16.0 Å². The van der Waals surface area contributed by atoms with E-state index in [-0.39, 0.29) is 24.0 Å². The van der Waals surface area contributed by atoms with Gasteiger partial charge in [-0.15, -0.1) is 0 Å². The van der Waals surface area contributed by atoms with Gasteiger partial charge in [0, 0.05) is 0 Å². The second-order valence-electron chi connectivity index (χ2n) is 6.20. The van der Waals surface area contributed by atoms with Crippen molar-refractivity contribution < 1.29 is 12.3 Å². The van der Waals surface area contributed by atoms with Crippen LogP contribution in [0.25, 0.3) is 0 Å². The first-order valence-electron chi connectivity index (χ1n) is 8.45. The van der Waals surface area contributed by atoms with Gasteiger partial charge in [0.05, 0.1) is 0 Å². The van der Waals surface area contributed by atoms with Gasteiger partial charge in [0.25, 0.3) is 0 Å². The summed E-state index contributed by atoms with van der Waals surface area (Å²) in [7, 11) is 0. The maximum atomic E-state index is 11.9. The van der Waals surface area contributed by atoms with E-state index < -0.39 is 0 Å². The van der Waals surface area contributed by atoms with E-state index in [1.807, 2.05) is 11.8 Å². The van der Waals surface area contributed by atoms with E-state index >= 15 is 0 Å². The number of fused-ring (bicyclic) bond motifs is 1. The van der Waals surface area contributed by atoms with Crippen molar-refractivity contribution in [1.29, 1.82) is 0 Å². The Labute approximate surface area is 159 Å². The van der Waals surface area contributed by atoms with Gasteiger partial charge in [0.15, 0.2) is 0 Å². The monoisotopic (exact) mass is 533 g/mol. The summed E-state index contributed by atoms with van der Waals surface area (Å²) in [6.45, 7) is 2.86. The van der Waals surface area contributed by atoms with Crippen molar-refractivity contribution in [2.75, 3.05) is 12.3 Å². The van der Waals surface area contributed by atoms with E-state index in [1.165, 1.54) is 0 Å². The third kappa shape index (κ3) is 6.08. The summed E-state index contributed by atoms with van der Waals surface area (Å²) in [5.74, 6) is 1.10. The molecule has 0 radical (unpaired) electrons. The topological polar surface area (TPSA) is 79.5 Å². The van der Waals surface area contributed by atoms with Crippen LogP contribution in [0, 0.1) is 0 Å². The van der Waals surface area contributed by atoms with Crippen molar-refractivity contribution in [2.45, 2.75) is 68.9 Å². The first-order valence-corrected chi connectivity index (χ1v) is 11.3. The second-order valence-corrected chi connectivity index (χ2v) is 8.53. The first-order chi connectivity index (χ1) is 11.1. The fraction of sp³-hybridized carbons (Fsp3) is 0.867. The Morgan fingerprint density at radius 1 is 1.48 bits per heavy atom. The van der Waals surface area contributed by atoms with Crippen molar-refractivity contribution in [3.05, 3.63) is 0 Å². The fourth-order valence-corrected chi connectivity index (χ4v) is 5.77. The van der Waals surface area contributed by atoms with Crippen molar-refractivity contribution in [2.24, 2.45) is 0 Å². The molecule has 6 nitrogen and oxygen atoms in total. The van der Waals surface area contributed by atoms with Gasteiger partial charge in [0.2, 0.25) is 0 Å². The zero-order chi connectivity index (χ0) is 16.7. The van der Waals surface area contributed by atoms with Crippen LogP contribution >= 0.6 is 11.8 Å². The van der Waals surface area contributed by atoms with Crippen molar-refractivity contribution in [1.82, 2.24) is 16.0 Å². The van der Waals surface area contributed by atoms with Crippen LogP contribution in [-0.4, -0.2) is 73.9 Å². The van der Waals surface area contributed by atoms with E-state index in [0.29, 0.717) is 50.5 Å². The molecule has 128 valence electrons. The molecule has 2 saturated heterocycles. The van der Waals surface area contributed by atoms with Crippen molar-refractivity contribution in [3.63, 3.8) is 0 Å². The van der Waals surface area contributed by atoms with Crippen LogP contribution in [0.1, 0.15) is 45.4 Å². The number of nitrogens with one attached hydrogen (secondary N) is 3. The Bertz CT molecular complexity index is 413. The molecule has 0 bridgehead atoms. The van der Waals surface area contributed by atoms with Crippen LogP contribution in [0.5, 0.6) is 0 Å². The van der Waals surface area contributed by atoms with E-state index in [0.717, 1.165) is 37.9 Å². The summed E-state index contributed by atoms with van der Waals surface area (Å²) < 4.78 is 5.54. The number of urea groups is 1. The molecule has 0 aromatic rings. The summed E-state index contributed by atoms with van der Waals surface area (Å²) in [6, 6.07) is 0.448. The molecule has 4 unspecified atom stereocenters. The van der Waals surface area contributed by atoms with Crippen molar-refractivity contribution in [3.8, 4) is 0 Å². The zero-order valence-corrected chi connectivity index (χ0v) is 19.0. The molecular weight excluding hydrogens is 507 g/mol. The Hall–Kier alpha value is -0.0279. The molecule has 0 saturated carbocycles. The van der Waals surface area contributed by atoms with Crippen LogP contribution in [0.4, 0.5) is 4.79 Å². The Morgan fingerprint density at radius 2 is 2.30 bits per heavy atom. The first kappa shape index (κ1) is 19.3. The number of hydrogen-bond donors (Lipinski definition) is 3.